The number of ether oxygens (including phenoxy) is 4. The van der Waals surface area contributed by atoms with Gasteiger partial charge in [0.15, 0.2) is 11.6 Å². The lowest BCUT2D eigenvalue weighted by atomic mass is 10.2. The molecule has 8 nitrogen and oxygen atoms in total. The predicted octanol–water partition coefficient (Wildman–Crippen LogP) is -1.11. The Morgan fingerprint density at radius 1 is 0.682 bits per heavy atom. The summed E-state index contributed by atoms with van der Waals surface area (Å²) in [4.78, 5) is 22.2. The van der Waals surface area contributed by atoms with E-state index in [1.165, 1.54) is 0 Å². The summed E-state index contributed by atoms with van der Waals surface area (Å²) >= 11 is 0. The average molecular weight is 320 g/mol. The molecule has 0 unspecified atom stereocenters. The van der Waals surface area contributed by atoms with Crippen molar-refractivity contribution < 1.29 is 28.5 Å². The molecule has 0 bridgehead atoms. The zero-order chi connectivity index (χ0) is 16.5. The molecule has 0 heterocycles. The molecule has 22 heavy (non-hydrogen) atoms. The summed E-state index contributed by atoms with van der Waals surface area (Å²) < 4.78 is 20.7. The van der Waals surface area contributed by atoms with Gasteiger partial charge in [-0.25, -0.2) is 0 Å². The zero-order valence-corrected chi connectivity index (χ0v) is 13.1. The Morgan fingerprint density at radius 3 is 1.82 bits per heavy atom. The molecule has 0 amide bonds. The second-order valence-electron chi connectivity index (χ2n) is 4.50. The molecular weight excluding hydrogens is 292 g/mol. The third kappa shape index (κ3) is 15.5. The summed E-state index contributed by atoms with van der Waals surface area (Å²) in [5.41, 5.74) is 10.4. The van der Waals surface area contributed by atoms with E-state index in [1.807, 2.05) is 0 Å². The van der Waals surface area contributed by atoms with Crippen LogP contribution in [-0.2, 0) is 28.5 Å². The molecule has 0 aromatic rings. The number of carbonyl (C=O) groups excluding carboxylic acids is 2. The van der Waals surface area contributed by atoms with E-state index in [4.69, 9.17) is 30.4 Å². The molecule has 0 saturated carbocycles. The fourth-order valence-corrected chi connectivity index (χ4v) is 1.41. The largest absolute Gasteiger partial charge is 0.379 e. The maximum Gasteiger partial charge on any atom is 0.171 e. The van der Waals surface area contributed by atoms with Crippen molar-refractivity contribution in [2.45, 2.75) is 12.8 Å². The maximum atomic E-state index is 11.4. The van der Waals surface area contributed by atoms with Gasteiger partial charge in [0.25, 0.3) is 0 Å². The van der Waals surface area contributed by atoms with E-state index >= 15 is 0 Å². The van der Waals surface area contributed by atoms with Crippen LogP contribution < -0.4 is 11.5 Å². The van der Waals surface area contributed by atoms with E-state index in [1.54, 1.807) is 0 Å². The Morgan fingerprint density at radius 2 is 1.23 bits per heavy atom. The quantitative estimate of drug-likeness (QED) is 0.323. The first-order chi connectivity index (χ1) is 10.7. The highest BCUT2D eigenvalue weighted by Crippen LogP contribution is 1.94. The predicted molar refractivity (Wildman–Crippen MR) is 80.6 cm³/mol. The molecule has 0 atom stereocenters. The van der Waals surface area contributed by atoms with Gasteiger partial charge in [-0.15, -0.1) is 0 Å². The molecule has 0 aromatic carbocycles. The number of Topliss-reactive ketones (excluding diaryl/α,β-unsaturated/α-hetero) is 2. The van der Waals surface area contributed by atoms with Crippen molar-refractivity contribution in [3.8, 4) is 0 Å². The summed E-state index contributed by atoms with van der Waals surface area (Å²) in [7, 11) is 0. The second kappa shape index (κ2) is 16.5. The van der Waals surface area contributed by atoms with Crippen molar-refractivity contribution >= 4 is 11.6 Å². The average Bonchev–Trinajstić information content (AvgIpc) is 2.52. The third-order valence-corrected chi connectivity index (χ3v) is 2.50. The summed E-state index contributed by atoms with van der Waals surface area (Å²) in [5.74, 6) is -0.272. The van der Waals surface area contributed by atoms with Crippen molar-refractivity contribution in [2.75, 3.05) is 65.9 Å². The van der Waals surface area contributed by atoms with Gasteiger partial charge in [-0.05, 0) is 6.42 Å². The van der Waals surface area contributed by atoms with Gasteiger partial charge in [-0.3, -0.25) is 9.59 Å². The number of hydrogen-bond donors (Lipinski definition) is 2. The topological polar surface area (TPSA) is 123 Å². The van der Waals surface area contributed by atoms with Crippen molar-refractivity contribution in [3.05, 3.63) is 0 Å². The molecule has 4 N–H and O–H groups in total. The standard InChI is InChI=1S/C14H28N2O6/c15-3-5-20-7-9-21-8-6-19-4-1-2-13(17)11-22-12-14(18)10-16/h1-12,15-16H2. The number of ketones is 2. The van der Waals surface area contributed by atoms with Crippen molar-refractivity contribution in [3.63, 3.8) is 0 Å². The van der Waals surface area contributed by atoms with E-state index in [9.17, 15) is 9.59 Å². The number of hydrogen-bond acceptors (Lipinski definition) is 8. The normalized spacial score (nSPS) is 10.8. The maximum absolute atomic E-state index is 11.4. The summed E-state index contributed by atoms with van der Waals surface area (Å²) in [6.07, 6.45) is 0.983. The summed E-state index contributed by atoms with van der Waals surface area (Å²) in [6, 6.07) is 0. The van der Waals surface area contributed by atoms with Gasteiger partial charge in [-0.2, -0.15) is 0 Å². The molecule has 8 heteroatoms. The Bertz CT molecular complexity index is 289. The lowest BCUT2D eigenvalue weighted by molar-refractivity contribution is -0.128. The number of carbonyl (C=O) groups is 2. The van der Waals surface area contributed by atoms with Gasteiger partial charge in [0.05, 0.1) is 39.6 Å². The summed E-state index contributed by atoms with van der Waals surface area (Å²) in [5, 5.41) is 0. The highest BCUT2D eigenvalue weighted by atomic mass is 16.5. The second-order valence-corrected chi connectivity index (χ2v) is 4.50. The van der Waals surface area contributed by atoms with Crippen LogP contribution in [0.1, 0.15) is 12.8 Å². The van der Waals surface area contributed by atoms with E-state index in [-0.39, 0.29) is 31.3 Å². The minimum atomic E-state index is -0.218. The minimum Gasteiger partial charge on any atom is -0.379 e. The summed E-state index contributed by atoms with van der Waals surface area (Å²) in [6.45, 7) is 3.32. The highest BCUT2D eigenvalue weighted by molar-refractivity contribution is 5.82. The lowest BCUT2D eigenvalue weighted by Crippen LogP contribution is -2.21. The Labute approximate surface area is 131 Å². The molecule has 0 radical (unpaired) electrons. The molecule has 0 aromatic heterocycles. The van der Waals surface area contributed by atoms with Gasteiger partial charge in [0, 0.05) is 19.6 Å². The number of rotatable bonds is 17. The van der Waals surface area contributed by atoms with Crippen LogP contribution in [0.15, 0.2) is 0 Å². The Kier molecular flexibility index (Phi) is 15.8. The van der Waals surface area contributed by atoms with Gasteiger partial charge in [-0.1, -0.05) is 0 Å². The van der Waals surface area contributed by atoms with Crippen LogP contribution in [0.3, 0.4) is 0 Å². The Hall–Kier alpha value is -0.900. The SMILES string of the molecule is NCCOCCOCCOCCCC(=O)COCC(=O)CN. The number of nitrogens with two attached hydrogens (primary N) is 2. The third-order valence-electron chi connectivity index (χ3n) is 2.50. The molecule has 0 aliphatic rings. The molecular formula is C14H28N2O6. The van der Waals surface area contributed by atoms with Gasteiger partial charge in [0.1, 0.15) is 13.2 Å². The van der Waals surface area contributed by atoms with Gasteiger partial charge < -0.3 is 30.4 Å². The van der Waals surface area contributed by atoms with Crippen molar-refractivity contribution in [1.82, 2.24) is 0 Å². The van der Waals surface area contributed by atoms with Crippen LogP contribution in [-0.4, -0.2) is 77.5 Å². The molecule has 0 saturated heterocycles. The lowest BCUT2D eigenvalue weighted by Gasteiger charge is -2.06. The minimum absolute atomic E-state index is 0.0540. The first kappa shape index (κ1) is 21.1. The Balaban J connectivity index is 3.18. The first-order valence-electron chi connectivity index (χ1n) is 7.45. The first-order valence-corrected chi connectivity index (χ1v) is 7.45. The molecule has 0 aliphatic carbocycles. The monoisotopic (exact) mass is 320 g/mol. The molecule has 0 aliphatic heterocycles. The zero-order valence-electron chi connectivity index (χ0n) is 13.1. The highest BCUT2D eigenvalue weighted by Gasteiger charge is 2.04. The molecule has 0 rings (SSSR count). The van der Waals surface area contributed by atoms with Crippen LogP contribution in [0.5, 0.6) is 0 Å². The fraction of sp³-hybridized carbons (Fsp3) is 0.857. The van der Waals surface area contributed by atoms with Gasteiger partial charge >= 0.3 is 0 Å². The van der Waals surface area contributed by atoms with Crippen LogP contribution >= 0.6 is 0 Å². The van der Waals surface area contributed by atoms with E-state index in [2.05, 4.69) is 0 Å². The van der Waals surface area contributed by atoms with E-state index in [0.717, 1.165) is 0 Å². The fourth-order valence-electron chi connectivity index (χ4n) is 1.41. The molecule has 0 spiro atoms. The smallest absolute Gasteiger partial charge is 0.171 e. The van der Waals surface area contributed by atoms with E-state index < -0.39 is 0 Å². The molecule has 130 valence electrons. The van der Waals surface area contributed by atoms with Crippen LogP contribution in [0.4, 0.5) is 0 Å². The van der Waals surface area contributed by atoms with Crippen LogP contribution in [0.25, 0.3) is 0 Å². The van der Waals surface area contributed by atoms with E-state index in [0.29, 0.717) is 59.0 Å². The van der Waals surface area contributed by atoms with Crippen molar-refractivity contribution in [2.24, 2.45) is 11.5 Å². The van der Waals surface area contributed by atoms with Gasteiger partial charge in [0.2, 0.25) is 0 Å². The van der Waals surface area contributed by atoms with Crippen LogP contribution in [0.2, 0.25) is 0 Å². The van der Waals surface area contributed by atoms with Crippen LogP contribution in [0, 0.1) is 0 Å². The van der Waals surface area contributed by atoms with Crippen molar-refractivity contribution in [1.29, 1.82) is 0 Å². The molecule has 0 fully saturated rings.